The highest BCUT2D eigenvalue weighted by atomic mass is 16.6. The van der Waals surface area contributed by atoms with Crippen molar-refractivity contribution in [2.45, 2.75) is 88.9 Å². The van der Waals surface area contributed by atoms with Crippen molar-refractivity contribution in [2.75, 3.05) is 13.2 Å². The van der Waals surface area contributed by atoms with Crippen molar-refractivity contribution >= 4 is 5.97 Å². The summed E-state index contributed by atoms with van der Waals surface area (Å²) in [5, 5.41) is 3.83. The van der Waals surface area contributed by atoms with Crippen molar-refractivity contribution in [3.8, 4) is 0 Å². The first kappa shape index (κ1) is 20.3. The van der Waals surface area contributed by atoms with Crippen LogP contribution in [0.5, 0.6) is 0 Å². The van der Waals surface area contributed by atoms with E-state index >= 15 is 0 Å². The zero-order chi connectivity index (χ0) is 21.1. The second-order valence-electron chi connectivity index (χ2n) is 11.4. The molecule has 2 saturated heterocycles. The highest BCUT2D eigenvalue weighted by Crippen LogP contribution is 2.62. The first-order chi connectivity index (χ1) is 15.1. The van der Waals surface area contributed by atoms with Gasteiger partial charge in [-0.25, -0.2) is 0 Å². The summed E-state index contributed by atoms with van der Waals surface area (Å²) in [6.45, 7) is 4.12. The molecule has 3 aliphatic carbocycles. The number of carbonyl (C=O) groups excluding carboxylic acids is 1. The molecule has 1 aromatic rings. The minimum atomic E-state index is -0.00142. The summed E-state index contributed by atoms with van der Waals surface area (Å²) in [7, 11) is 0. The van der Waals surface area contributed by atoms with Gasteiger partial charge < -0.3 is 19.2 Å². The Hall–Kier alpha value is -1.33. The lowest BCUT2D eigenvalue weighted by Crippen LogP contribution is -2.51. The SMILES string of the molecule is C[C@]12CCC[C@]3(CO3)[C@H]1C[C@@H]1[C@H](CN[C@@H]3CCCC[C@@H]3Cc3ccco3)C(=O)O[C@@H]1C2. The molecule has 1 aromatic heterocycles. The minimum absolute atomic E-state index is 0.00142. The van der Waals surface area contributed by atoms with Crippen LogP contribution in [0.15, 0.2) is 22.8 Å². The fraction of sp³-hybridized carbons (Fsp3) is 0.808. The number of hydrogen-bond donors (Lipinski definition) is 1. The highest BCUT2D eigenvalue weighted by Gasteiger charge is 2.65. The second kappa shape index (κ2) is 7.62. The van der Waals surface area contributed by atoms with E-state index in [9.17, 15) is 4.79 Å². The first-order valence-electron chi connectivity index (χ1n) is 12.7. The average Bonchev–Trinajstić information content (AvgIpc) is 3.19. The molecule has 0 bridgehead atoms. The lowest BCUT2D eigenvalue weighted by atomic mass is 9.53. The second-order valence-corrected chi connectivity index (χ2v) is 11.4. The van der Waals surface area contributed by atoms with Gasteiger partial charge in [-0.15, -0.1) is 0 Å². The van der Waals surface area contributed by atoms with Gasteiger partial charge in [-0.05, 0) is 74.3 Å². The Labute approximate surface area is 185 Å². The van der Waals surface area contributed by atoms with Crippen LogP contribution in [0.25, 0.3) is 0 Å². The topological polar surface area (TPSA) is 64.0 Å². The third-order valence-electron chi connectivity index (χ3n) is 9.63. The largest absolute Gasteiger partial charge is 0.469 e. The predicted molar refractivity (Wildman–Crippen MR) is 116 cm³/mol. The quantitative estimate of drug-likeness (QED) is 0.554. The summed E-state index contributed by atoms with van der Waals surface area (Å²) >= 11 is 0. The molecule has 1 N–H and O–H groups in total. The van der Waals surface area contributed by atoms with Crippen molar-refractivity contribution < 1.29 is 18.7 Å². The lowest BCUT2D eigenvalue weighted by molar-refractivity contribution is -0.147. The molecule has 6 rings (SSSR count). The number of nitrogens with one attached hydrogen (secondary N) is 1. The van der Waals surface area contributed by atoms with E-state index in [0.717, 1.165) is 38.2 Å². The maximum absolute atomic E-state index is 12.9. The van der Waals surface area contributed by atoms with Crippen LogP contribution in [-0.2, 0) is 20.7 Å². The van der Waals surface area contributed by atoms with Gasteiger partial charge in [0.05, 0.1) is 24.4 Å². The number of furan rings is 1. The van der Waals surface area contributed by atoms with Gasteiger partial charge in [-0.1, -0.05) is 19.8 Å². The minimum Gasteiger partial charge on any atom is -0.469 e. The molecule has 3 heterocycles. The number of ether oxygens (including phenoxy) is 2. The molecule has 5 fully saturated rings. The zero-order valence-electron chi connectivity index (χ0n) is 18.8. The van der Waals surface area contributed by atoms with Crippen molar-refractivity contribution in [3.63, 3.8) is 0 Å². The molecule has 31 heavy (non-hydrogen) atoms. The fourth-order valence-electron chi connectivity index (χ4n) is 7.88. The van der Waals surface area contributed by atoms with Crippen LogP contribution in [0.2, 0.25) is 0 Å². The Morgan fingerprint density at radius 1 is 1.19 bits per heavy atom. The van der Waals surface area contributed by atoms with E-state index < -0.39 is 0 Å². The highest BCUT2D eigenvalue weighted by molar-refractivity contribution is 5.75. The monoisotopic (exact) mass is 427 g/mol. The van der Waals surface area contributed by atoms with E-state index in [2.05, 4.69) is 18.3 Å². The molecule has 0 unspecified atom stereocenters. The van der Waals surface area contributed by atoms with Crippen LogP contribution in [0, 0.1) is 29.1 Å². The van der Waals surface area contributed by atoms with E-state index in [1.807, 2.05) is 6.07 Å². The van der Waals surface area contributed by atoms with Gasteiger partial charge in [0, 0.05) is 24.9 Å². The molecule has 8 atom stereocenters. The normalized spacial score (nSPS) is 46.4. The summed E-state index contributed by atoms with van der Waals surface area (Å²) in [5.41, 5.74) is 0.398. The Morgan fingerprint density at radius 2 is 2.06 bits per heavy atom. The Kier molecular flexibility index (Phi) is 4.99. The van der Waals surface area contributed by atoms with Crippen LogP contribution in [0.4, 0.5) is 0 Å². The van der Waals surface area contributed by atoms with Gasteiger partial charge >= 0.3 is 5.97 Å². The molecular weight excluding hydrogens is 390 g/mol. The number of fused-ring (bicyclic) bond motifs is 3. The molecule has 0 radical (unpaired) electrons. The van der Waals surface area contributed by atoms with E-state index in [-0.39, 0.29) is 29.0 Å². The average molecular weight is 428 g/mol. The third kappa shape index (κ3) is 3.56. The Balaban J connectivity index is 1.13. The molecule has 170 valence electrons. The summed E-state index contributed by atoms with van der Waals surface area (Å²) in [6.07, 6.45) is 13.7. The molecule has 0 aromatic carbocycles. The van der Waals surface area contributed by atoms with Gasteiger partial charge in [-0.2, -0.15) is 0 Å². The molecule has 0 amide bonds. The van der Waals surface area contributed by atoms with Crippen molar-refractivity contribution in [1.82, 2.24) is 5.32 Å². The third-order valence-corrected chi connectivity index (χ3v) is 9.63. The van der Waals surface area contributed by atoms with Crippen molar-refractivity contribution in [2.24, 2.45) is 29.1 Å². The van der Waals surface area contributed by atoms with Crippen LogP contribution >= 0.6 is 0 Å². The summed E-state index contributed by atoms with van der Waals surface area (Å²) in [4.78, 5) is 12.9. The molecule has 5 heteroatoms. The summed E-state index contributed by atoms with van der Waals surface area (Å²) in [5.74, 6) is 2.65. The molecule has 5 nitrogen and oxygen atoms in total. The number of epoxide rings is 1. The molecule has 2 aliphatic heterocycles. The van der Waals surface area contributed by atoms with Crippen molar-refractivity contribution in [3.05, 3.63) is 24.2 Å². The molecular formula is C26H37NO4. The maximum atomic E-state index is 12.9. The molecule has 1 spiro atoms. The van der Waals surface area contributed by atoms with Crippen LogP contribution < -0.4 is 5.32 Å². The predicted octanol–water partition coefficient (Wildman–Crippen LogP) is 4.50. The van der Waals surface area contributed by atoms with E-state index in [0.29, 0.717) is 23.8 Å². The van der Waals surface area contributed by atoms with E-state index in [1.165, 1.54) is 44.9 Å². The first-order valence-corrected chi connectivity index (χ1v) is 12.7. The van der Waals surface area contributed by atoms with Crippen molar-refractivity contribution in [1.29, 1.82) is 0 Å². The van der Waals surface area contributed by atoms with Crippen LogP contribution in [-0.4, -0.2) is 36.9 Å². The zero-order valence-corrected chi connectivity index (χ0v) is 18.8. The van der Waals surface area contributed by atoms with Crippen LogP contribution in [0.3, 0.4) is 0 Å². The lowest BCUT2D eigenvalue weighted by Gasteiger charge is -2.51. The maximum Gasteiger partial charge on any atom is 0.310 e. The van der Waals surface area contributed by atoms with Gasteiger partial charge in [0.2, 0.25) is 0 Å². The molecule has 5 aliphatic rings. The summed E-state index contributed by atoms with van der Waals surface area (Å²) < 4.78 is 17.7. The standard InChI is InChI=1S/C26H37NO4/c1-25-9-5-10-26(16-30-26)23(25)13-19-20(24(28)31-22(19)14-25)15-27-21-8-3-2-6-17(21)12-18-7-4-11-29-18/h4,7,11,17,19-23,27H,2-3,5-6,8-10,12-16H2,1H3/t17-,19-,20+,21-,22-,23+,25-,26+/m1/s1. The van der Waals surface area contributed by atoms with Gasteiger partial charge in [-0.3, -0.25) is 4.79 Å². The number of hydrogen-bond acceptors (Lipinski definition) is 5. The van der Waals surface area contributed by atoms with E-state index in [1.54, 1.807) is 6.26 Å². The summed E-state index contributed by atoms with van der Waals surface area (Å²) in [6, 6.07) is 4.53. The Morgan fingerprint density at radius 3 is 2.87 bits per heavy atom. The fourth-order valence-corrected chi connectivity index (χ4v) is 7.88. The molecule has 3 saturated carbocycles. The van der Waals surface area contributed by atoms with Gasteiger partial charge in [0.25, 0.3) is 0 Å². The Bertz CT molecular complexity index is 802. The van der Waals surface area contributed by atoms with Gasteiger partial charge in [0.15, 0.2) is 0 Å². The van der Waals surface area contributed by atoms with E-state index in [4.69, 9.17) is 13.9 Å². The number of esters is 1. The number of carbonyl (C=O) groups is 1. The number of rotatable bonds is 5. The smallest absolute Gasteiger partial charge is 0.310 e. The van der Waals surface area contributed by atoms with Crippen LogP contribution in [0.1, 0.15) is 70.5 Å². The van der Waals surface area contributed by atoms with Gasteiger partial charge in [0.1, 0.15) is 11.9 Å².